The van der Waals surface area contributed by atoms with Crippen molar-refractivity contribution in [2.75, 3.05) is 6.61 Å². The molecule has 12 rings (SSSR count). The van der Waals surface area contributed by atoms with E-state index in [4.69, 9.17) is 4.74 Å². The van der Waals surface area contributed by atoms with Crippen molar-refractivity contribution >= 4 is 22.3 Å². The average Bonchev–Trinajstić information content (AvgIpc) is 3.57. The van der Waals surface area contributed by atoms with Gasteiger partial charge in [0.25, 0.3) is 0 Å². The van der Waals surface area contributed by atoms with Crippen molar-refractivity contribution in [2.45, 2.75) is 43.4 Å². The summed E-state index contributed by atoms with van der Waals surface area (Å²) in [4.78, 5) is 0. The monoisotopic (exact) mass is 835 g/mol. The number of allylic oxidation sites excluding steroid dienone is 29. The molecule has 3 unspecified atom stereocenters. The summed E-state index contributed by atoms with van der Waals surface area (Å²) in [5.41, 5.74) is 21.2. The lowest BCUT2D eigenvalue weighted by Gasteiger charge is -2.40. The third kappa shape index (κ3) is 7.11. The zero-order valence-electron chi connectivity index (χ0n) is 36.9. The van der Waals surface area contributed by atoms with Crippen LogP contribution in [0.3, 0.4) is 0 Å². The molecule has 0 amide bonds. The van der Waals surface area contributed by atoms with E-state index in [2.05, 4.69) is 232 Å². The van der Waals surface area contributed by atoms with Crippen molar-refractivity contribution in [2.24, 2.45) is 5.92 Å². The number of benzene rings is 4. The predicted octanol–water partition coefficient (Wildman–Crippen LogP) is 15.6. The molecule has 0 N–H and O–H groups in total. The van der Waals surface area contributed by atoms with Crippen LogP contribution in [-0.2, 0) is 10.8 Å². The van der Waals surface area contributed by atoms with E-state index in [0.717, 1.165) is 31.4 Å². The minimum Gasteiger partial charge on any atom is -0.492 e. The number of fused-ring (bicyclic) bond motifs is 8. The SMILES string of the molecule is CC12C=C(C3=CCC(c4cccc(-c5ccccc5)c4)=CC=C3)C=CC1C1=CC(=C[CH]1)c1cc3c(cc12)C1(C=C(C2=CCC=CC(c4cccc(C5=CCC=CC=C5)c4)=C2)C=CC1)CO3. The first kappa shape index (κ1) is 39.4. The number of rotatable bonds is 6. The highest BCUT2D eigenvalue weighted by Gasteiger charge is 2.46. The van der Waals surface area contributed by atoms with Crippen LogP contribution in [0.25, 0.3) is 33.4 Å². The van der Waals surface area contributed by atoms with Gasteiger partial charge in [0.2, 0.25) is 0 Å². The highest BCUT2D eigenvalue weighted by molar-refractivity contribution is 5.87. The molecule has 8 aliphatic rings. The molecular formula is C64H51O. The Kier molecular flexibility index (Phi) is 9.75. The van der Waals surface area contributed by atoms with Crippen LogP contribution in [0.15, 0.2) is 246 Å². The summed E-state index contributed by atoms with van der Waals surface area (Å²) < 4.78 is 6.76. The summed E-state index contributed by atoms with van der Waals surface area (Å²) in [6, 6.07) is 33.5. The molecule has 1 nitrogen and oxygen atoms in total. The fraction of sp³-hybridized carbons (Fsp3) is 0.141. The molecule has 1 aliphatic heterocycles. The van der Waals surface area contributed by atoms with E-state index < -0.39 is 0 Å². The first-order chi connectivity index (χ1) is 32.0. The van der Waals surface area contributed by atoms with Crippen molar-refractivity contribution in [1.82, 2.24) is 0 Å². The van der Waals surface area contributed by atoms with E-state index in [-0.39, 0.29) is 16.7 Å². The van der Waals surface area contributed by atoms with Crippen LogP contribution < -0.4 is 4.74 Å². The lowest BCUT2D eigenvalue weighted by molar-refractivity contribution is 0.296. The van der Waals surface area contributed by atoms with Crippen LogP contribution in [0.1, 0.15) is 66.0 Å². The fourth-order valence-electron chi connectivity index (χ4n) is 11.2. The summed E-state index contributed by atoms with van der Waals surface area (Å²) in [5, 5.41) is 0. The molecule has 0 fully saturated rings. The molecule has 4 aromatic rings. The Bertz CT molecular complexity index is 3160. The van der Waals surface area contributed by atoms with Gasteiger partial charge in [0, 0.05) is 23.3 Å². The Balaban J connectivity index is 0.877. The average molecular weight is 836 g/mol. The Morgan fingerprint density at radius 2 is 1.31 bits per heavy atom. The van der Waals surface area contributed by atoms with Gasteiger partial charge in [0.05, 0.1) is 5.41 Å². The van der Waals surface area contributed by atoms with Gasteiger partial charge in [0.1, 0.15) is 12.4 Å². The summed E-state index contributed by atoms with van der Waals surface area (Å²) in [7, 11) is 0. The van der Waals surface area contributed by atoms with Gasteiger partial charge in [-0.05, 0) is 140 Å². The van der Waals surface area contributed by atoms with Gasteiger partial charge >= 0.3 is 0 Å². The molecule has 3 atom stereocenters. The Morgan fingerprint density at radius 3 is 2.23 bits per heavy atom. The van der Waals surface area contributed by atoms with Crippen LogP contribution in [0.2, 0.25) is 0 Å². The summed E-state index contributed by atoms with van der Waals surface area (Å²) in [5.74, 6) is 1.23. The summed E-state index contributed by atoms with van der Waals surface area (Å²) in [6.07, 6.45) is 54.9. The topological polar surface area (TPSA) is 9.23 Å². The van der Waals surface area contributed by atoms with Crippen LogP contribution in [0.5, 0.6) is 5.75 Å². The normalized spacial score (nSPS) is 24.6. The molecule has 0 saturated heterocycles. The molecule has 1 heteroatoms. The number of hydrogen-bond acceptors (Lipinski definition) is 1. The smallest absolute Gasteiger partial charge is 0.124 e. The molecule has 0 saturated carbocycles. The van der Waals surface area contributed by atoms with Gasteiger partial charge < -0.3 is 4.74 Å². The van der Waals surface area contributed by atoms with Gasteiger partial charge in [-0.3, -0.25) is 0 Å². The van der Waals surface area contributed by atoms with E-state index >= 15 is 0 Å². The minimum absolute atomic E-state index is 0.219. The van der Waals surface area contributed by atoms with E-state index in [1.165, 1.54) is 94.7 Å². The zero-order valence-corrected chi connectivity index (χ0v) is 36.9. The van der Waals surface area contributed by atoms with Gasteiger partial charge in [-0.2, -0.15) is 0 Å². The molecule has 65 heavy (non-hydrogen) atoms. The lowest BCUT2D eigenvalue weighted by atomic mass is 9.63. The van der Waals surface area contributed by atoms with Crippen molar-refractivity contribution in [3.05, 3.63) is 286 Å². The third-order valence-corrected chi connectivity index (χ3v) is 14.7. The van der Waals surface area contributed by atoms with Gasteiger partial charge in [-0.25, -0.2) is 0 Å². The largest absolute Gasteiger partial charge is 0.492 e. The predicted molar refractivity (Wildman–Crippen MR) is 273 cm³/mol. The summed E-state index contributed by atoms with van der Waals surface area (Å²) >= 11 is 0. The Morgan fingerprint density at radius 1 is 0.538 bits per heavy atom. The van der Waals surface area contributed by atoms with Gasteiger partial charge in [-0.15, -0.1) is 0 Å². The van der Waals surface area contributed by atoms with Crippen LogP contribution in [0.4, 0.5) is 0 Å². The quantitative estimate of drug-likeness (QED) is 0.188. The van der Waals surface area contributed by atoms with Crippen LogP contribution in [0, 0.1) is 12.3 Å². The summed E-state index contributed by atoms with van der Waals surface area (Å²) in [6.45, 7) is 3.10. The first-order valence-electron chi connectivity index (χ1n) is 23.4. The highest BCUT2D eigenvalue weighted by atomic mass is 16.5. The fourth-order valence-corrected chi connectivity index (χ4v) is 11.2. The molecule has 4 aromatic carbocycles. The Hall–Kier alpha value is -7.22. The Labute approximate surface area is 384 Å². The molecule has 2 bridgehead atoms. The van der Waals surface area contributed by atoms with Crippen LogP contribution in [-0.4, -0.2) is 6.61 Å². The molecule has 313 valence electrons. The molecule has 7 aliphatic carbocycles. The maximum absolute atomic E-state index is 6.76. The zero-order chi connectivity index (χ0) is 43.4. The van der Waals surface area contributed by atoms with Crippen molar-refractivity contribution in [1.29, 1.82) is 0 Å². The van der Waals surface area contributed by atoms with E-state index in [9.17, 15) is 0 Å². The minimum atomic E-state index is -0.268. The second-order valence-electron chi connectivity index (χ2n) is 18.7. The standard InChI is InChI=1S/C64H51O/c1-63-41-57(47-22-11-21-46(28-29-47)50-25-12-23-48(35-50)45-17-7-4-8-18-45)32-33-59(63)55-31-30-54(38-55)58-39-62-61(40-60(58)63)64(43-65-62)34-14-27-56(42-64)53-20-10-9-19-51(37-53)52-26-13-24-49(36-52)44-15-5-2-3-6-16-44/h2-5,7-9,11-27,29-33,35-42,59H,6,10,28,34,43H2,1H3. The van der Waals surface area contributed by atoms with Crippen molar-refractivity contribution in [3.63, 3.8) is 0 Å². The van der Waals surface area contributed by atoms with Crippen LogP contribution >= 0.6 is 0 Å². The number of hydrogen-bond donors (Lipinski definition) is 0. The molecular weight excluding hydrogens is 785 g/mol. The van der Waals surface area contributed by atoms with Crippen molar-refractivity contribution in [3.8, 4) is 16.9 Å². The van der Waals surface area contributed by atoms with E-state index in [0.29, 0.717) is 6.61 Å². The molecule has 0 aromatic heterocycles. The van der Waals surface area contributed by atoms with E-state index in [1.54, 1.807) is 0 Å². The maximum Gasteiger partial charge on any atom is 0.124 e. The molecule has 1 spiro atoms. The lowest BCUT2D eigenvalue weighted by Crippen LogP contribution is -2.34. The van der Waals surface area contributed by atoms with E-state index in [1.807, 2.05) is 0 Å². The second-order valence-corrected chi connectivity index (χ2v) is 18.7. The van der Waals surface area contributed by atoms with Crippen molar-refractivity contribution < 1.29 is 4.74 Å². The van der Waals surface area contributed by atoms with Gasteiger partial charge in [-0.1, -0.05) is 201 Å². The molecule has 1 radical (unpaired) electrons. The second kappa shape index (κ2) is 16.1. The first-order valence-corrected chi connectivity index (χ1v) is 23.4. The third-order valence-electron chi connectivity index (χ3n) is 14.7. The van der Waals surface area contributed by atoms with Gasteiger partial charge in [0.15, 0.2) is 0 Å². The maximum atomic E-state index is 6.76. The highest BCUT2D eigenvalue weighted by Crippen LogP contribution is 2.56. The number of ether oxygens (including phenoxy) is 1. The molecule has 1 heterocycles.